The topological polar surface area (TPSA) is 84.7 Å². The maximum atomic E-state index is 13.3. The molecule has 0 aliphatic rings. The van der Waals surface area contributed by atoms with Crippen LogP contribution in [0.4, 0.5) is 4.39 Å². The molecule has 2 rings (SSSR count). The number of aromatic nitrogens is 3. The number of primary amides is 1. The quantitative estimate of drug-likeness (QED) is 0.792. The van der Waals surface area contributed by atoms with Crippen LogP contribution in [0.5, 0.6) is 0 Å². The van der Waals surface area contributed by atoms with Crippen LogP contribution in [0.3, 0.4) is 0 Å². The SMILES string of the molecule is Cc1c(F)cccc1-c1n[nH]nc1C(N)=O. The summed E-state index contributed by atoms with van der Waals surface area (Å²) in [5, 5.41) is 9.74. The summed E-state index contributed by atoms with van der Waals surface area (Å²) < 4.78 is 13.3. The van der Waals surface area contributed by atoms with Crippen molar-refractivity contribution in [1.82, 2.24) is 15.4 Å². The first-order valence-electron chi connectivity index (χ1n) is 4.57. The Bertz CT molecular complexity index is 550. The van der Waals surface area contributed by atoms with E-state index >= 15 is 0 Å². The number of nitrogens with one attached hydrogen (secondary N) is 1. The smallest absolute Gasteiger partial charge is 0.271 e. The van der Waals surface area contributed by atoms with Crippen molar-refractivity contribution in [2.24, 2.45) is 5.73 Å². The maximum Gasteiger partial charge on any atom is 0.271 e. The highest BCUT2D eigenvalue weighted by atomic mass is 19.1. The van der Waals surface area contributed by atoms with Gasteiger partial charge in [0.15, 0.2) is 5.69 Å². The van der Waals surface area contributed by atoms with Crippen molar-refractivity contribution in [3.05, 3.63) is 35.3 Å². The summed E-state index contributed by atoms with van der Waals surface area (Å²) in [4.78, 5) is 11.1. The van der Waals surface area contributed by atoms with Crippen LogP contribution >= 0.6 is 0 Å². The maximum absolute atomic E-state index is 13.3. The molecule has 2 aromatic rings. The van der Waals surface area contributed by atoms with Crippen LogP contribution in [0.2, 0.25) is 0 Å². The van der Waals surface area contributed by atoms with E-state index in [9.17, 15) is 9.18 Å². The number of hydrogen-bond acceptors (Lipinski definition) is 3. The minimum Gasteiger partial charge on any atom is -0.364 e. The molecule has 0 unspecified atom stereocenters. The second-order valence-corrected chi connectivity index (χ2v) is 3.30. The molecule has 0 spiro atoms. The Morgan fingerprint density at radius 2 is 2.19 bits per heavy atom. The Morgan fingerprint density at radius 1 is 1.44 bits per heavy atom. The number of amides is 1. The average Bonchev–Trinajstić information content (AvgIpc) is 2.70. The third-order valence-corrected chi connectivity index (χ3v) is 2.30. The molecule has 1 aromatic carbocycles. The van der Waals surface area contributed by atoms with Crippen LogP contribution in [0.15, 0.2) is 18.2 Å². The summed E-state index contributed by atoms with van der Waals surface area (Å²) in [6, 6.07) is 4.53. The fourth-order valence-corrected chi connectivity index (χ4v) is 1.45. The Balaban J connectivity index is 2.63. The highest BCUT2D eigenvalue weighted by Gasteiger charge is 2.17. The second kappa shape index (κ2) is 3.73. The molecule has 0 saturated heterocycles. The standard InChI is InChI=1S/C10H9FN4O/c1-5-6(3-2-4-7(5)11)8-9(10(12)16)14-15-13-8/h2-4H,1H3,(H2,12,16)(H,13,14,15). The molecule has 0 bridgehead atoms. The van der Waals surface area contributed by atoms with Gasteiger partial charge >= 0.3 is 0 Å². The van der Waals surface area contributed by atoms with E-state index in [1.165, 1.54) is 12.1 Å². The van der Waals surface area contributed by atoms with Crippen molar-refractivity contribution in [1.29, 1.82) is 0 Å². The molecule has 0 fully saturated rings. The van der Waals surface area contributed by atoms with E-state index < -0.39 is 5.91 Å². The minimum atomic E-state index is -0.701. The molecule has 1 amide bonds. The highest BCUT2D eigenvalue weighted by molar-refractivity contribution is 5.96. The van der Waals surface area contributed by atoms with Crippen LogP contribution in [0.1, 0.15) is 16.1 Å². The normalized spacial score (nSPS) is 10.4. The summed E-state index contributed by atoms with van der Waals surface area (Å²) in [7, 11) is 0. The monoisotopic (exact) mass is 220 g/mol. The number of nitrogens with two attached hydrogens (primary N) is 1. The van der Waals surface area contributed by atoms with E-state index in [4.69, 9.17) is 5.73 Å². The zero-order chi connectivity index (χ0) is 11.7. The van der Waals surface area contributed by atoms with E-state index in [1.807, 2.05) is 0 Å². The van der Waals surface area contributed by atoms with Gasteiger partial charge in [0.1, 0.15) is 11.5 Å². The van der Waals surface area contributed by atoms with Crippen LogP contribution in [-0.2, 0) is 0 Å². The number of nitrogens with zero attached hydrogens (tertiary/aromatic N) is 2. The fraction of sp³-hybridized carbons (Fsp3) is 0.100. The zero-order valence-electron chi connectivity index (χ0n) is 8.49. The van der Waals surface area contributed by atoms with Crippen molar-refractivity contribution in [2.45, 2.75) is 6.92 Å². The molecule has 5 nitrogen and oxygen atoms in total. The first-order chi connectivity index (χ1) is 7.61. The molecule has 0 radical (unpaired) electrons. The lowest BCUT2D eigenvalue weighted by molar-refractivity contribution is 0.0996. The molecule has 82 valence electrons. The molecule has 0 saturated carbocycles. The molecule has 0 atom stereocenters. The van der Waals surface area contributed by atoms with Crippen molar-refractivity contribution < 1.29 is 9.18 Å². The Labute approximate surface area is 90.5 Å². The molecular weight excluding hydrogens is 211 g/mol. The Hall–Kier alpha value is -2.24. The van der Waals surface area contributed by atoms with Gasteiger partial charge in [0.05, 0.1) is 0 Å². The summed E-state index contributed by atoms with van der Waals surface area (Å²) in [6.07, 6.45) is 0. The Morgan fingerprint density at radius 3 is 2.88 bits per heavy atom. The summed E-state index contributed by atoms with van der Waals surface area (Å²) in [6.45, 7) is 1.60. The van der Waals surface area contributed by atoms with Gasteiger partial charge in [0.25, 0.3) is 5.91 Å². The number of rotatable bonds is 2. The van der Waals surface area contributed by atoms with E-state index in [0.29, 0.717) is 11.1 Å². The van der Waals surface area contributed by atoms with Crippen molar-refractivity contribution in [3.8, 4) is 11.3 Å². The van der Waals surface area contributed by atoms with Gasteiger partial charge in [-0.2, -0.15) is 15.4 Å². The predicted octanol–water partition coefficient (Wildman–Crippen LogP) is 1.02. The molecular formula is C10H9FN4O. The van der Waals surface area contributed by atoms with Gasteiger partial charge in [0, 0.05) is 5.56 Å². The zero-order valence-corrected chi connectivity index (χ0v) is 8.49. The number of H-pyrrole nitrogens is 1. The number of carbonyl (C=O) groups is 1. The van der Waals surface area contributed by atoms with Gasteiger partial charge in [-0.15, -0.1) is 0 Å². The molecule has 1 aromatic heterocycles. The number of carbonyl (C=O) groups excluding carboxylic acids is 1. The van der Waals surface area contributed by atoms with Gasteiger partial charge in [-0.05, 0) is 18.6 Å². The van der Waals surface area contributed by atoms with Crippen molar-refractivity contribution >= 4 is 5.91 Å². The molecule has 6 heteroatoms. The van der Waals surface area contributed by atoms with Crippen molar-refractivity contribution in [3.63, 3.8) is 0 Å². The lowest BCUT2D eigenvalue weighted by Crippen LogP contribution is -2.13. The van der Waals surface area contributed by atoms with Crippen molar-refractivity contribution in [2.75, 3.05) is 0 Å². The highest BCUT2D eigenvalue weighted by Crippen LogP contribution is 2.24. The van der Waals surface area contributed by atoms with E-state index in [2.05, 4.69) is 15.4 Å². The summed E-state index contributed by atoms with van der Waals surface area (Å²) >= 11 is 0. The van der Waals surface area contributed by atoms with Gasteiger partial charge < -0.3 is 5.73 Å². The molecule has 3 N–H and O–H groups in total. The fourth-order valence-electron chi connectivity index (χ4n) is 1.45. The van der Waals surface area contributed by atoms with Crippen LogP contribution < -0.4 is 5.73 Å². The second-order valence-electron chi connectivity index (χ2n) is 3.30. The van der Waals surface area contributed by atoms with Crippen LogP contribution in [0.25, 0.3) is 11.3 Å². The lowest BCUT2D eigenvalue weighted by Gasteiger charge is -2.03. The van der Waals surface area contributed by atoms with E-state index in [1.54, 1.807) is 13.0 Å². The molecule has 0 aliphatic carbocycles. The number of hydrogen-bond donors (Lipinski definition) is 2. The number of halogens is 1. The summed E-state index contributed by atoms with van der Waals surface area (Å²) in [5.74, 6) is -1.07. The predicted molar refractivity (Wildman–Crippen MR) is 55.0 cm³/mol. The van der Waals surface area contributed by atoms with E-state index in [-0.39, 0.29) is 17.2 Å². The number of benzene rings is 1. The molecule has 1 heterocycles. The summed E-state index contributed by atoms with van der Waals surface area (Å²) in [5.41, 5.74) is 6.31. The minimum absolute atomic E-state index is 0.00806. The third kappa shape index (κ3) is 1.54. The number of aromatic amines is 1. The average molecular weight is 220 g/mol. The first-order valence-corrected chi connectivity index (χ1v) is 4.57. The molecule has 16 heavy (non-hydrogen) atoms. The van der Waals surface area contributed by atoms with Gasteiger partial charge in [-0.1, -0.05) is 12.1 Å². The van der Waals surface area contributed by atoms with Gasteiger partial charge in [0.2, 0.25) is 0 Å². The van der Waals surface area contributed by atoms with Crippen LogP contribution in [0, 0.1) is 12.7 Å². The first kappa shape index (κ1) is 10.3. The largest absolute Gasteiger partial charge is 0.364 e. The third-order valence-electron chi connectivity index (χ3n) is 2.30. The van der Waals surface area contributed by atoms with E-state index in [0.717, 1.165) is 0 Å². The molecule has 0 aliphatic heterocycles. The van der Waals surface area contributed by atoms with Crippen LogP contribution in [-0.4, -0.2) is 21.3 Å². The lowest BCUT2D eigenvalue weighted by atomic mass is 10.0. The van der Waals surface area contributed by atoms with Gasteiger partial charge in [-0.3, -0.25) is 4.79 Å². The Kier molecular flexibility index (Phi) is 2.40. The van der Waals surface area contributed by atoms with Gasteiger partial charge in [-0.25, -0.2) is 4.39 Å².